The summed E-state index contributed by atoms with van der Waals surface area (Å²) in [5.41, 5.74) is 3.28. The predicted octanol–water partition coefficient (Wildman–Crippen LogP) is 3.31. The van der Waals surface area contributed by atoms with Crippen molar-refractivity contribution in [2.24, 2.45) is 0 Å². The van der Waals surface area contributed by atoms with Gasteiger partial charge in [0.2, 0.25) is 5.91 Å². The highest BCUT2D eigenvalue weighted by Gasteiger charge is 2.23. The van der Waals surface area contributed by atoms with E-state index in [0.29, 0.717) is 6.42 Å². The molecule has 1 amide bonds. The summed E-state index contributed by atoms with van der Waals surface area (Å²) in [6.07, 6.45) is 5.27. The average molecular weight is 335 g/mol. The molecular weight excluding hydrogens is 314 g/mol. The zero-order chi connectivity index (χ0) is 17.2. The maximum Gasteiger partial charge on any atom is 0.224 e. The fraction of sp³-hybridized carbons (Fsp3) is 0.300. The molecule has 1 aliphatic rings. The molecular formula is C20H21N3O2. The second kappa shape index (κ2) is 6.59. The third-order valence-electron chi connectivity index (χ3n) is 4.90. The van der Waals surface area contributed by atoms with Crippen molar-refractivity contribution >= 4 is 16.7 Å². The molecule has 1 heterocycles. The molecule has 0 radical (unpaired) electrons. The maximum atomic E-state index is 12.6. The molecule has 1 aromatic heterocycles. The van der Waals surface area contributed by atoms with Crippen LogP contribution in [-0.4, -0.2) is 23.2 Å². The van der Waals surface area contributed by atoms with Crippen LogP contribution in [0.4, 0.5) is 0 Å². The van der Waals surface area contributed by atoms with Crippen LogP contribution >= 0.6 is 0 Å². The van der Waals surface area contributed by atoms with E-state index in [1.54, 1.807) is 7.11 Å². The predicted molar refractivity (Wildman–Crippen MR) is 96.6 cm³/mol. The number of carbonyl (C=O) groups is 1. The number of aromatic nitrogens is 2. The Morgan fingerprint density at radius 1 is 1.36 bits per heavy atom. The van der Waals surface area contributed by atoms with Crippen LogP contribution in [-0.2, 0) is 17.6 Å². The molecule has 0 saturated heterocycles. The highest BCUT2D eigenvalue weighted by atomic mass is 16.5. The molecule has 25 heavy (non-hydrogen) atoms. The Labute approximate surface area is 146 Å². The number of hydrogen-bond donors (Lipinski definition) is 2. The van der Waals surface area contributed by atoms with Gasteiger partial charge in [-0.2, -0.15) is 5.10 Å². The highest BCUT2D eigenvalue weighted by Crippen LogP contribution is 2.28. The van der Waals surface area contributed by atoms with Crippen LogP contribution in [0.1, 0.15) is 35.7 Å². The van der Waals surface area contributed by atoms with Crippen LogP contribution in [0.5, 0.6) is 5.75 Å². The number of nitrogens with one attached hydrogen (secondary N) is 2. The van der Waals surface area contributed by atoms with Crippen molar-refractivity contribution in [1.82, 2.24) is 15.5 Å². The summed E-state index contributed by atoms with van der Waals surface area (Å²) in [7, 11) is 1.65. The van der Waals surface area contributed by atoms with E-state index in [9.17, 15) is 4.79 Å². The van der Waals surface area contributed by atoms with Crippen molar-refractivity contribution < 1.29 is 9.53 Å². The van der Waals surface area contributed by atoms with Gasteiger partial charge >= 0.3 is 0 Å². The number of amides is 1. The Morgan fingerprint density at radius 2 is 2.28 bits per heavy atom. The van der Waals surface area contributed by atoms with E-state index in [0.717, 1.165) is 47.0 Å². The molecule has 0 fully saturated rings. The first-order chi connectivity index (χ1) is 12.2. The van der Waals surface area contributed by atoms with Crippen LogP contribution in [0.2, 0.25) is 0 Å². The molecule has 1 atom stereocenters. The van der Waals surface area contributed by atoms with Crippen molar-refractivity contribution in [2.45, 2.75) is 31.7 Å². The number of fused-ring (bicyclic) bond motifs is 2. The van der Waals surface area contributed by atoms with Gasteiger partial charge in [-0.3, -0.25) is 9.89 Å². The molecule has 0 spiro atoms. The largest absolute Gasteiger partial charge is 0.497 e. The lowest BCUT2D eigenvalue weighted by atomic mass is 9.93. The van der Waals surface area contributed by atoms with Crippen molar-refractivity contribution in [3.05, 3.63) is 59.4 Å². The van der Waals surface area contributed by atoms with E-state index >= 15 is 0 Å². The smallest absolute Gasteiger partial charge is 0.224 e. The molecule has 0 aliphatic heterocycles. The van der Waals surface area contributed by atoms with E-state index in [1.807, 2.05) is 42.6 Å². The van der Waals surface area contributed by atoms with Crippen molar-refractivity contribution in [2.75, 3.05) is 7.11 Å². The topological polar surface area (TPSA) is 67.0 Å². The van der Waals surface area contributed by atoms with E-state index in [2.05, 4.69) is 15.5 Å². The van der Waals surface area contributed by atoms with Gasteiger partial charge in [0.05, 0.1) is 31.5 Å². The second-order valence-corrected chi connectivity index (χ2v) is 6.50. The molecule has 0 saturated carbocycles. The molecule has 2 N–H and O–H groups in total. The van der Waals surface area contributed by atoms with E-state index in [-0.39, 0.29) is 11.9 Å². The second-order valence-electron chi connectivity index (χ2n) is 6.50. The summed E-state index contributed by atoms with van der Waals surface area (Å²) in [5.74, 6) is 0.831. The molecule has 0 bridgehead atoms. The third-order valence-corrected chi connectivity index (χ3v) is 4.90. The lowest BCUT2D eigenvalue weighted by Gasteiger charge is -2.23. The van der Waals surface area contributed by atoms with Gasteiger partial charge in [0.25, 0.3) is 0 Å². The van der Waals surface area contributed by atoms with Gasteiger partial charge in [0.1, 0.15) is 5.75 Å². The molecule has 5 nitrogen and oxygen atoms in total. The first-order valence-electron chi connectivity index (χ1n) is 8.62. The fourth-order valence-corrected chi connectivity index (χ4v) is 3.62. The summed E-state index contributed by atoms with van der Waals surface area (Å²) in [6.45, 7) is 0. The number of aromatic amines is 1. The Hall–Kier alpha value is -2.82. The summed E-state index contributed by atoms with van der Waals surface area (Å²) < 4.78 is 5.32. The fourth-order valence-electron chi connectivity index (χ4n) is 3.62. The number of carbonyl (C=O) groups excluding carboxylic acids is 1. The molecule has 1 unspecified atom stereocenters. The average Bonchev–Trinajstić information content (AvgIpc) is 3.11. The van der Waals surface area contributed by atoms with Gasteiger partial charge in [-0.25, -0.2) is 0 Å². The number of aryl methyl sites for hydroxylation is 1. The lowest BCUT2D eigenvalue weighted by molar-refractivity contribution is -0.121. The number of rotatable bonds is 4. The summed E-state index contributed by atoms with van der Waals surface area (Å²) in [4.78, 5) is 12.6. The molecule has 2 aromatic carbocycles. The molecule has 128 valence electrons. The number of nitrogens with zero attached hydrogens (tertiary/aromatic N) is 1. The Balaban J connectivity index is 1.55. The summed E-state index contributed by atoms with van der Waals surface area (Å²) in [6, 6.07) is 12.0. The zero-order valence-electron chi connectivity index (χ0n) is 14.2. The van der Waals surface area contributed by atoms with Gasteiger partial charge < -0.3 is 10.1 Å². The van der Waals surface area contributed by atoms with Crippen molar-refractivity contribution in [1.29, 1.82) is 0 Å². The van der Waals surface area contributed by atoms with Crippen LogP contribution in [0.3, 0.4) is 0 Å². The van der Waals surface area contributed by atoms with Gasteiger partial charge in [-0.05, 0) is 53.3 Å². The van der Waals surface area contributed by atoms with Gasteiger partial charge in [0, 0.05) is 0 Å². The minimum absolute atomic E-state index is 0.0303. The first-order valence-corrected chi connectivity index (χ1v) is 8.62. The maximum absolute atomic E-state index is 12.6. The third kappa shape index (κ3) is 3.09. The molecule has 5 heteroatoms. The number of hydrogen-bond acceptors (Lipinski definition) is 3. The standard InChI is InChI=1S/C20H21N3O2/c1-25-16-9-8-13-4-2-5-14(17(13)11-16)10-19(24)22-18-7-3-6-15-12-21-23-20(15)18/h2,4-5,8-9,11-12,18H,3,6-7,10H2,1H3,(H,21,23)(H,22,24). The SMILES string of the molecule is COc1ccc2cccc(CC(=O)NC3CCCc4cn[nH]c43)c2c1. The highest BCUT2D eigenvalue weighted by molar-refractivity contribution is 5.91. The molecule has 1 aliphatic carbocycles. The van der Waals surface area contributed by atoms with E-state index in [4.69, 9.17) is 4.74 Å². The van der Waals surface area contributed by atoms with Crippen molar-refractivity contribution in [3.8, 4) is 5.75 Å². The Kier molecular flexibility index (Phi) is 4.14. The number of ether oxygens (including phenoxy) is 1. The minimum Gasteiger partial charge on any atom is -0.497 e. The van der Waals surface area contributed by atoms with Crippen LogP contribution in [0, 0.1) is 0 Å². The number of H-pyrrole nitrogens is 1. The monoisotopic (exact) mass is 335 g/mol. The molecule has 3 aromatic rings. The van der Waals surface area contributed by atoms with Gasteiger partial charge in [0.15, 0.2) is 0 Å². The Morgan fingerprint density at radius 3 is 3.16 bits per heavy atom. The summed E-state index contributed by atoms with van der Waals surface area (Å²) >= 11 is 0. The number of methoxy groups -OCH3 is 1. The van der Waals surface area contributed by atoms with Crippen LogP contribution in [0.15, 0.2) is 42.6 Å². The first kappa shape index (κ1) is 15.7. The van der Waals surface area contributed by atoms with E-state index < -0.39 is 0 Å². The van der Waals surface area contributed by atoms with Crippen LogP contribution in [0.25, 0.3) is 10.8 Å². The van der Waals surface area contributed by atoms with Crippen molar-refractivity contribution in [3.63, 3.8) is 0 Å². The lowest BCUT2D eigenvalue weighted by Crippen LogP contribution is -2.32. The Bertz CT molecular complexity index is 916. The van der Waals surface area contributed by atoms with Gasteiger partial charge in [-0.15, -0.1) is 0 Å². The minimum atomic E-state index is 0.0303. The molecule has 4 rings (SSSR count). The van der Waals surface area contributed by atoms with Crippen LogP contribution < -0.4 is 10.1 Å². The zero-order valence-corrected chi connectivity index (χ0v) is 14.2. The normalized spacial score (nSPS) is 16.4. The summed E-state index contributed by atoms with van der Waals surface area (Å²) in [5, 5.41) is 12.5. The number of benzene rings is 2. The van der Waals surface area contributed by atoms with E-state index in [1.165, 1.54) is 5.56 Å². The quantitative estimate of drug-likeness (QED) is 0.769. The van der Waals surface area contributed by atoms with Gasteiger partial charge in [-0.1, -0.05) is 24.3 Å².